The van der Waals surface area contributed by atoms with E-state index in [0.29, 0.717) is 18.4 Å². The fourth-order valence-electron chi connectivity index (χ4n) is 2.46. The normalized spacial score (nSPS) is 24.8. The molecule has 0 saturated carbocycles. The lowest BCUT2D eigenvalue weighted by atomic mass is 9.87. The Morgan fingerprint density at radius 2 is 2.24 bits per heavy atom. The summed E-state index contributed by atoms with van der Waals surface area (Å²) in [6.07, 6.45) is 4.37. The highest BCUT2D eigenvalue weighted by atomic mass is 16.5. The van der Waals surface area contributed by atoms with Gasteiger partial charge in [0.1, 0.15) is 0 Å². The maximum Gasteiger partial charge on any atom is 0.0621 e. The number of nitriles is 1. The highest BCUT2D eigenvalue weighted by Gasteiger charge is 2.27. The van der Waals surface area contributed by atoms with Crippen LogP contribution in [0.15, 0.2) is 0 Å². The van der Waals surface area contributed by atoms with Gasteiger partial charge >= 0.3 is 0 Å². The van der Waals surface area contributed by atoms with Crippen LogP contribution in [0.3, 0.4) is 0 Å². The molecule has 1 saturated heterocycles. The molecule has 1 fully saturated rings. The largest absolute Gasteiger partial charge is 0.378 e. The van der Waals surface area contributed by atoms with Crippen molar-refractivity contribution in [2.75, 3.05) is 19.7 Å². The summed E-state index contributed by atoms with van der Waals surface area (Å²) >= 11 is 0. The van der Waals surface area contributed by atoms with Gasteiger partial charge in [-0.25, -0.2) is 0 Å². The van der Waals surface area contributed by atoms with E-state index in [1.165, 1.54) is 6.42 Å². The Morgan fingerprint density at radius 3 is 2.88 bits per heavy atom. The van der Waals surface area contributed by atoms with Crippen LogP contribution in [-0.2, 0) is 4.74 Å². The molecule has 0 bridgehead atoms. The van der Waals surface area contributed by atoms with Gasteiger partial charge in [0, 0.05) is 26.1 Å². The van der Waals surface area contributed by atoms with Crippen LogP contribution in [0.5, 0.6) is 0 Å². The summed E-state index contributed by atoms with van der Waals surface area (Å²) in [6, 6.07) is 2.22. The number of rotatable bonds is 7. The first-order chi connectivity index (χ1) is 8.09. The quantitative estimate of drug-likeness (QED) is 0.741. The molecule has 0 aromatic carbocycles. The summed E-state index contributed by atoms with van der Waals surface area (Å²) in [5.74, 6) is 0.673. The van der Waals surface area contributed by atoms with Gasteiger partial charge in [-0.2, -0.15) is 5.26 Å². The van der Waals surface area contributed by atoms with Crippen molar-refractivity contribution >= 4 is 0 Å². The third-order valence-corrected chi connectivity index (χ3v) is 3.67. The van der Waals surface area contributed by atoms with E-state index in [1.54, 1.807) is 0 Å². The second kappa shape index (κ2) is 6.98. The van der Waals surface area contributed by atoms with Crippen molar-refractivity contribution in [2.45, 2.75) is 52.6 Å². The smallest absolute Gasteiger partial charge is 0.0621 e. The van der Waals surface area contributed by atoms with Gasteiger partial charge in [-0.1, -0.05) is 20.8 Å². The molecule has 2 unspecified atom stereocenters. The monoisotopic (exact) mass is 238 g/mol. The predicted octanol–water partition coefficient (Wildman–Crippen LogP) is 2.72. The molecule has 0 aromatic heterocycles. The summed E-state index contributed by atoms with van der Waals surface area (Å²) in [5.41, 5.74) is 0.219. The van der Waals surface area contributed by atoms with Gasteiger partial charge in [0.2, 0.25) is 0 Å². The van der Waals surface area contributed by atoms with E-state index in [4.69, 9.17) is 10.00 Å². The molecule has 98 valence electrons. The van der Waals surface area contributed by atoms with E-state index in [0.717, 1.165) is 32.5 Å². The Labute approximate surface area is 106 Å². The number of hydrogen-bond donors (Lipinski definition) is 1. The number of hydrogen-bond acceptors (Lipinski definition) is 3. The second-order valence-electron chi connectivity index (χ2n) is 5.82. The minimum Gasteiger partial charge on any atom is -0.378 e. The minimum absolute atomic E-state index is 0.219. The predicted molar refractivity (Wildman–Crippen MR) is 69.6 cm³/mol. The van der Waals surface area contributed by atoms with Gasteiger partial charge in [-0.05, 0) is 30.6 Å². The zero-order valence-corrected chi connectivity index (χ0v) is 11.5. The molecule has 0 radical (unpaired) electrons. The third kappa shape index (κ3) is 5.06. The first kappa shape index (κ1) is 14.5. The Kier molecular flexibility index (Phi) is 5.94. The van der Waals surface area contributed by atoms with Crippen LogP contribution >= 0.6 is 0 Å². The van der Waals surface area contributed by atoms with Crippen LogP contribution in [0.4, 0.5) is 0 Å². The SMILES string of the molecule is CCC1OCCC1CNCC(C)(C)CCC#N. The van der Waals surface area contributed by atoms with Crippen LogP contribution in [0.2, 0.25) is 0 Å². The second-order valence-corrected chi connectivity index (χ2v) is 5.82. The number of ether oxygens (including phenoxy) is 1. The first-order valence-corrected chi connectivity index (χ1v) is 6.78. The Morgan fingerprint density at radius 1 is 1.47 bits per heavy atom. The van der Waals surface area contributed by atoms with Crippen molar-refractivity contribution in [3.8, 4) is 6.07 Å². The maximum atomic E-state index is 8.61. The lowest BCUT2D eigenvalue weighted by molar-refractivity contribution is 0.0865. The summed E-state index contributed by atoms with van der Waals surface area (Å²) in [5, 5.41) is 12.2. The number of nitrogens with zero attached hydrogens (tertiary/aromatic N) is 1. The molecule has 0 spiro atoms. The fourth-order valence-corrected chi connectivity index (χ4v) is 2.46. The molecule has 1 aliphatic heterocycles. The van der Waals surface area contributed by atoms with Crippen LogP contribution in [0.1, 0.15) is 46.5 Å². The average molecular weight is 238 g/mol. The first-order valence-electron chi connectivity index (χ1n) is 6.78. The Hall–Kier alpha value is -0.590. The van der Waals surface area contributed by atoms with E-state index in [9.17, 15) is 0 Å². The van der Waals surface area contributed by atoms with Gasteiger partial charge in [0.25, 0.3) is 0 Å². The third-order valence-electron chi connectivity index (χ3n) is 3.67. The minimum atomic E-state index is 0.219. The molecule has 3 nitrogen and oxygen atoms in total. The molecule has 17 heavy (non-hydrogen) atoms. The van der Waals surface area contributed by atoms with E-state index < -0.39 is 0 Å². The van der Waals surface area contributed by atoms with Gasteiger partial charge in [0.15, 0.2) is 0 Å². The highest BCUT2D eigenvalue weighted by molar-refractivity contribution is 4.81. The summed E-state index contributed by atoms with van der Waals surface area (Å²) in [7, 11) is 0. The molecule has 1 rings (SSSR count). The van der Waals surface area contributed by atoms with Crippen molar-refractivity contribution in [2.24, 2.45) is 11.3 Å². The molecule has 1 N–H and O–H groups in total. The molecule has 3 heteroatoms. The zero-order valence-electron chi connectivity index (χ0n) is 11.5. The molecule has 1 aliphatic rings. The number of nitrogens with one attached hydrogen (secondary N) is 1. The molecule has 0 amide bonds. The van der Waals surface area contributed by atoms with Crippen molar-refractivity contribution < 1.29 is 4.74 Å². The van der Waals surface area contributed by atoms with Crippen molar-refractivity contribution in [3.63, 3.8) is 0 Å². The molecule has 1 heterocycles. The van der Waals surface area contributed by atoms with Crippen LogP contribution in [-0.4, -0.2) is 25.8 Å². The summed E-state index contributed by atoms with van der Waals surface area (Å²) in [6.45, 7) is 9.60. The Bertz CT molecular complexity index is 257. The highest BCUT2D eigenvalue weighted by Crippen LogP contribution is 2.24. The fraction of sp³-hybridized carbons (Fsp3) is 0.929. The molecule has 0 aromatic rings. The van der Waals surface area contributed by atoms with Crippen molar-refractivity contribution in [3.05, 3.63) is 0 Å². The molecular formula is C14H26N2O. The summed E-state index contributed by atoms with van der Waals surface area (Å²) < 4.78 is 5.68. The van der Waals surface area contributed by atoms with E-state index in [-0.39, 0.29) is 5.41 Å². The lowest BCUT2D eigenvalue weighted by Crippen LogP contribution is -2.35. The molecule has 0 aliphatic carbocycles. The zero-order chi connectivity index (χ0) is 12.7. The van der Waals surface area contributed by atoms with Gasteiger partial charge in [0.05, 0.1) is 12.2 Å². The maximum absolute atomic E-state index is 8.61. The van der Waals surface area contributed by atoms with Gasteiger partial charge in [-0.3, -0.25) is 0 Å². The standard InChI is InChI=1S/C14H26N2O/c1-4-13-12(6-9-17-13)10-16-11-14(2,3)7-5-8-15/h12-13,16H,4-7,9-11H2,1-3H3. The van der Waals surface area contributed by atoms with Gasteiger partial charge in [-0.15, -0.1) is 0 Å². The topological polar surface area (TPSA) is 45.0 Å². The van der Waals surface area contributed by atoms with Crippen LogP contribution in [0, 0.1) is 22.7 Å². The van der Waals surface area contributed by atoms with E-state index >= 15 is 0 Å². The Balaban J connectivity index is 2.20. The van der Waals surface area contributed by atoms with Crippen molar-refractivity contribution in [1.82, 2.24) is 5.32 Å². The average Bonchev–Trinajstić information content (AvgIpc) is 2.74. The van der Waals surface area contributed by atoms with E-state index in [1.807, 2.05) is 0 Å². The lowest BCUT2D eigenvalue weighted by Gasteiger charge is -2.25. The molecular weight excluding hydrogens is 212 g/mol. The van der Waals surface area contributed by atoms with E-state index in [2.05, 4.69) is 32.2 Å². The van der Waals surface area contributed by atoms with Crippen LogP contribution < -0.4 is 5.32 Å². The molecule has 2 atom stereocenters. The van der Waals surface area contributed by atoms with Crippen LogP contribution in [0.25, 0.3) is 0 Å². The van der Waals surface area contributed by atoms with Gasteiger partial charge < -0.3 is 10.1 Å². The summed E-state index contributed by atoms with van der Waals surface area (Å²) in [4.78, 5) is 0. The van der Waals surface area contributed by atoms with Crippen molar-refractivity contribution in [1.29, 1.82) is 5.26 Å².